The summed E-state index contributed by atoms with van der Waals surface area (Å²) in [7, 11) is 0. The van der Waals surface area contributed by atoms with Gasteiger partial charge in [0.25, 0.3) is 0 Å². The predicted molar refractivity (Wildman–Crippen MR) is 107 cm³/mol. The number of ether oxygens (including phenoxy) is 1. The van der Waals surface area contributed by atoms with Gasteiger partial charge in [-0.2, -0.15) is 0 Å². The topological polar surface area (TPSA) is 58.5 Å². The lowest BCUT2D eigenvalue weighted by atomic mass is 10.1. The molecule has 0 saturated carbocycles. The van der Waals surface area contributed by atoms with Crippen molar-refractivity contribution < 1.29 is 4.74 Å². The maximum atomic E-state index is 5.95. The third kappa shape index (κ3) is 7.13. The number of rotatable bonds is 9. The van der Waals surface area contributed by atoms with Gasteiger partial charge < -0.3 is 15.4 Å². The molecule has 0 spiro atoms. The molecule has 140 valence electrons. The summed E-state index contributed by atoms with van der Waals surface area (Å²) < 4.78 is 5.95. The summed E-state index contributed by atoms with van der Waals surface area (Å²) in [6.45, 7) is 9.21. The van der Waals surface area contributed by atoms with Crippen molar-refractivity contribution in [1.29, 1.82) is 0 Å². The zero-order valence-electron chi connectivity index (χ0n) is 16.0. The third-order valence-corrected chi connectivity index (χ3v) is 3.84. The van der Waals surface area contributed by atoms with E-state index in [1.54, 1.807) is 6.20 Å². The number of aromatic nitrogens is 1. The van der Waals surface area contributed by atoms with Crippen LogP contribution in [0, 0.1) is 5.92 Å². The van der Waals surface area contributed by atoms with E-state index in [0.717, 1.165) is 42.5 Å². The van der Waals surface area contributed by atoms with Crippen LogP contribution in [0.2, 0.25) is 0 Å². The minimum absolute atomic E-state index is 0.565. The molecule has 0 aliphatic rings. The molecule has 0 saturated heterocycles. The Hall–Kier alpha value is -2.56. The molecule has 0 aliphatic heterocycles. The van der Waals surface area contributed by atoms with Gasteiger partial charge in [-0.3, -0.25) is 4.98 Å². The van der Waals surface area contributed by atoms with E-state index in [9.17, 15) is 0 Å². The molecule has 0 unspecified atom stereocenters. The molecule has 0 amide bonds. The summed E-state index contributed by atoms with van der Waals surface area (Å²) in [5.41, 5.74) is 2.07. The minimum Gasteiger partial charge on any atom is -0.493 e. The summed E-state index contributed by atoms with van der Waals surface area (Å²) in [5, 5.41) is 6.59. The molecule has 1 aromatic heterocycles. The predicted octanol–water partition coefficient (Wildman–Crippen LogP) is 3.76. The molecule has 5 nitrogen and oxygen atoms in total. The van der Waals surface area contributed by atoms with Crippen LogP contribution in [0.4, 0.5) is 0 Å². The molecule has 26 heavy (non-hydrogen) atoms. The van der Waals surface area contributed by atoms with Gasteiger partial charge >= 0.3 is 0 Å². The van der Waals surface area contributed by atoms with Gasteiger partial charge in [-0.05, 0) is 37.5 Å². The Morgan fingerprint density at radius 3 is 2.65 bits per heavy atom. The lowest BCUT2D eigenvalue weighted by Crippen LogP contribution is -2.37. The van der Waals surface area contributed by atoms with Crippen LogP contribution < -0.4 is 15.4 Å². The van der Waals surface area contributed by atoms with Crippen LogP contribution in [-0.2, 0) is 13.1 Å². The van der Waals surface area contributed by atoms with Crippen LogP contribution in [-0.4, -0.2) is 24.1 Å². The van der Waals surface area contributed by atoms with Crippen molar-refractivity contribution >= 4 is 5.96 Å². The summed E-state index contributed by atoms with van der Waals surface area (Å²) in [6.07, 6.45) is 2.84. The Morgan fingerprint density at radius 1 is 1.12 bits per heavy atom. The first-order valence-corrected chi connectivity index (χ1v) is 9.31. The van der Waals surface area contributed by atoms with Gasteiger partial charge in [0, 0.05) is 18.3 Å². The molecule has 0 fully saturated rings. The number of nitrogens with one attached hydrogen (secondary N) is 2. The largest absolute Gasteiger partial charge is 0.493 e. The first-order chi connectivity index (χ1) is 12.7. The molecule has 2 N–H and O–H groups in total. The number of para-hydroxylation sites is 1. The van der Waals surface area contributed by atoms with Crippen molar-refractivity contribution in [3.63, 3.8) is 0 Å². The number of benzene rings is 1. The maximum absolute atomic E-state index is 5.95. The molecule has 0 bridgehead atoms. The molecular weight excluding hydrogens is 324 g/mol. The first kappa shape index (κ1) is 19.8. The van der Waals surface area contributed by atoms with Crippen molar-refractivity contribution in [2.75, 3.05) is 13.2 Å². The monoisotopic (exact) mass is 354 g/mol. The number of hydrogen-bond donors (Lipinski definition) is 2. The summed E-state index contributed by atoms with van der Waals surface area (Å²) >= 11 is 0. The number of nitrogens with zero attached hydrogens (tertiary/aromatic N) is 2. The highest BCUT2D eigenvalue weighted by Gasteiger charge is 2.05. The van der Waals surface area contributed by atoms with E-state index in [0.29, 0.717) is 19.0 Å². The van der Waals surface area contributed by atoms with E-state index in [2.05, 4.69) is 47.4 Å². The number of aliphatic imine (C=N–C) groups is 1. The molecule has 2 rings (SSSR count). The standard InChI is InChI=1S/C21H30N4O/c1-4-22-21(25-16-19-10-7-8-13-23-19)24-15-18-9-5-6-11-20(18)26-14-12-17(2)3/h5-11,13,17H,4,12,14-16H2,1-3H3,(H2,22,24,25). The first-order valence-electron chi connectivity index (χ1n) is 9.31. The van der Waals surface area contributed by atoms with Gasteiger partial charge in [-0.15, -0.1) is 0 Å². The summed E-state index contributed by atoms with van der Waals surface area (Å²) in [5.74, 6) is 2.32. The van der Waals surface area contributed by atoms with Crippen molar-refractivity contribution in [1.82, 2.24) is 15.6 Å². The molecule has 1 heterocycles. The lowest BCUT2D eigenvalue weighted by molar-refractivity contribution is 0.287. The number of guanidine groups is 1. The molecule has 0 atom stereocenters. The molecule has 0 aliphatic carbocycles. The molecule has 0 radical (unpaired) electrons. The Labute approximate surface area is 156 Å². The Morgan fingerprint density at radius 2 is 1.92 bits per heavy atom. The molecular formula is C21H30N4O. The van der Waals surface area contributed by atoms with Crippen LogP contribution in [0.15, 0.2) is 53.7 Å². The zero-order chi connectivity index (χ0) is 18.6. The maximum Gasteiger partial charge on any atom is 0.191 e. The minimum atomic E-state index is 0.565. The number of hydrogen-bond acceptors (Lipinski definition) is 3. The summed E-state index contributed by atoms with van der Waals surface area (Å²) in [6, 6.07) is 14.0. The Kier molecular flexibility index (Phi) is 8.46. The normalized spacial score (nSPS) is 11.5. The Bertz CT molecular complexity index is 671. The summed E-state index contributed by atoms with van der Waals surface area (Å²) in [4.78, 5) is 9.02. The van der Waals surface area contributed by atoms with Crippen molar-refractivity contribution in [2.45, 2.75) is 40.3 Å². The third-order valence-electron chi connectivity index (χ3n) is 3.84. The van der Waals surface area contributed by atoms with Gasteiger partial charge in [-0.1, -0.05) is 38.1 Å². The fourth-order valence-electron chi connectivity index (χ4n) is 2.36. The van der Waals surface area contributed by atoms with Gasteiger partial charge in [0.05, 0.1) is 25.4 Å². The highest BCUT2D eigenvalue weighted by Crippen LogP contribution is 2.19. The highest BCUT2D eigenvalue weighted by atomic mass is 16.5. The Balaban J connectivity index is 1.97. The number of pyridine rings is 1. The van der Waals surface area contributed by atoms with Crippen LogP contribution in [0.5, 0.6) is 5.75 Å². The van der Waals surface area contributed by atoms with Gasteiger partial charge in [0.1, 0.15) is 5.75 Å². The van der Waals surface area contributed by atoms with Gasteiger partial charge in [-0.25, -0.2) is 4.99 Å². The van der Waals surface area contributed by atoms with Crippen LogP contribution in [0.25, 0.3) is 0 Å². The average molecular weight is 354 g/mol. The fourth-order valence-corrected chi connectivity index (χ4v) is 2.36. The van der Waals surface area contributed by atoms with E-state index >= 15 is 0 Å². The van der Waals surface area contributed by atoms with E-state index in [-0.39, 0.29) is 0 Å². The van der Waals surface area contributed by atoms with Crippen LogP contribution in [0.3, 0.4) is 0 Å². The van der Waals surface area contributed by atoms with E-state index < -0.39 is 0 Å². The molecule has 1 aromatic carbocycles. The SMILES string of the molecule is CCNC(=NCc1ccccc1OCCC(C)C)NCc1ccccn1. The fraction of sp³-hybridized carbons (Fsp3) is 0.429. The van der Waals surface area contributed by atoms with Crippen molar-refractivity contribution in [3.05, 3.63) is 59.9 Å². The second-order valence-corrected chi connectivity index (χ2v) is 6.51. The second kappa shape index (κ2) is 11.1. The zero-order valence-corrected chi connectivity index (χ0v) is 16.0. The molecule has 2 aromatic rings. The second-order valence-electron chi connectivity index (χ2n) is 6.51. The molecule has 5 heteroatoms. The smallest absolute Gasteiger partial charge is 0.191 e. The lowest BCUT2D eigenvalue weighted by Gasteiger charge is -2.13. The van der Waals surface area contributed by atoms with Crippen molar-refractivity contribution in [2.24, 2.45) is 10.9 Å². The van der Waals surface area contributed by atoms with Crippen molar-refractivity contribution in [3.8, 4) is 5.75 Å². The van der Waals surface area contributed by atoms with Gasteiger partial charge in [0.2, 0.25) is 0 Å². The average Bonchev–Trinajstić information content (AvgIpc) is 2.65. The van der Waals surface area contributed by atoms with E-state index in [1.807, 2.05) is 36.4 Å². The van der Waals surface area contributed by atoms with Gasteiger partial charge in [0.15, 0.2) is 5.96 Å². The van der Waals surface area contributed by atoms with Crippen LogP contribution in [0.1, 0.15) is 38.4 Å². The van der Waals surface area contributed by atoms with Crippen LogP contribution >= 0.6 is 0 Å². The van der Waals surface area contributed by atoms with E-state index in [1.165, 1.54) is 0 Å². The quantitative estimate of drug-likeness (QED) is 0.532. The highest BCUT2D eigenvalue weighted by molar-refractivity contribution is 5.79. The van der Waals surface area contributed by atoms with E-state index in [4.69, 9.17) is 4.74 Å².